The Hall–Kier alpha value is -1.89. The lowest BCUT2D eigenvalue weighted by atomic mass is 9.84. The highest BCUT2D eigenvalue weighted by Crippen LogP contribution is 2.29. The average molecular weight is 321 g/mol. The molecule has 0 spiro atoms. The summed E-state index contributed by atoms with van der Waals surface area (Å²) in [7, 11) is 1.36. The normalized spacial score (nSPS) is 23.0. The SMILES string of the molecule is Cn1c(=O)[nH]cc(C(=O)N2CCOC(C3CCCCC3)C2)c1=O. The summed E-state index contributed by atoms with van der Waals surface area (Å²) >= 11 is 0. The van der Waals surface area contributed by atoms with Crippen LogP contribution in [0.25, 0.3) is 0 Å². The topological polar surface area (TPSA) is 84.4 Å². The summed E-state index contributed by atoms with van der Waals surface area (Å²) in [6.07, 6.45) is 7.29. The number of carbonyl (C=O) groups excluding carboxylic acids is 1. The molecule has 1 N–H and O–H groups in total. The summed E-state index contributed by atoms with van der Waals surface area (Å²) in [5, 5.41) is 0. The molecule has 23 heavy (non-hydrogen) atoms. The maximum Gasteiger partial charge on any atom is 0.328 e. The number of nitrogens with zero attached hydrogens (tertiary/aromatic N) is 2. The first-order chi connectivity index (χ1) is 11.1. The summed E-state index contributed by atoms with van der Waals surface area (Å²) in [6, 6.07) is 0. The fourth-order valence-electron chi connectivity index (χ4n) is 3.54. The van der Waals surface area contributed by atoms with E-state index in [0.29, 0.717) is 25.6 Å². The van der Waals surface area contributed by atoms with Gasteiger partial charge in [-0.25, -0.2) is 4.79 Å². The van der Waals surface area contributed by atoms with E-state index in [-0.39, 0.29) is 17.6 Å². The quantitative estimate of drug-likeness (QED) is 0.859. The summed E-state index contributed by atoms with van der Waals surface area (Å²) in [6.45, 7) is 1.49. The molecule has 126 valence electrons. The van der Waals surface area contributed by atoms with Gasteiger partial charge in [0.05, 0.1) is 12.7 Å². The van der Waals surface area contributed by atoms with E-state index < -0.39 is 11.2 Å². The first kappa shape index (κ1) is 16.0. The highest BCUT2D eigenvalue weighted by molar-refractivity contribution is 5.93. The first-order valence-corrected chi connectivity index (χ1v) is 8.27. The Bertz CT molecular complexity index is 687. The molecule has 1 atom stereocenters. The lowest BCUT2D eigenvalue weighted by Gasteiger charge is -2.38. The summed E-state index contributed by atoms with van der Waals surface area (Å²) in [5.74, 6) is 0.170. The molecule has 0 aromatic carbocycles. The van der Waals surface area contributed by atoms with Crippen LogP contribution in [0.4, 0.5) is 0 Å². The van der Waals surface area contributed by atoms with Crippen LogP contribution < -0.4 is 11.2 Å². The van der Waals surface area contributed by atoms with E-state index in [1.54, 1.807) is 4.90 Å². The number of aromatic nitrogens is 2. The van der Waals surface area contributed by atoms with Crippen molar-refractivity contribution >= 4 is 5.91 Å². The van der Waals surface area contributed by atoms with Gasteiger partial charge in [0.25, 0.3) is 11.5 Å². The molecule has 0 bridgehead atoms. The largest absolute Gasteiger partial charge is 0.374 e. The van der Waals surface area contributed by atoms with Gasteiger partial charge in [-0.1, -0.05) is 19.3 Å². The van der Waals surface area contributed by atoms with Crippen molar-refractivity contribution in [3.63, 3.8) is 0 Å². The third-order valence-corrected chi connectivity index (χ3v) is 4.97. The van der Waals surface area contributed by atoms with Gasteiger partial charge < -0.3 is 14.6 Å². The van der Waals surface area contributed by atoms with E-state index >= 15 is 0 Å². The smallest absolute Gasteiger partial charge is 0.328 e. The second-order valence-electron chi connectivity index (χ2n) is 6.43. The van der Waals surface area contributed by atoms with Crippen LogP contribution in [-0.4, -0.2) is 46.2 Å². The number of hydrogen-bond acceptors (Lipinski definition) is 4. The summed E-state index contributed by atoms with van der Waals surface area (Å²) in [5.41, 5.74) is -1.07. The maximum atomic E-state index is 12.6. The third-order valence-electron chi connectivity index (χ3n) is 4.97. The molecule has 1 unspecified atom stereocenters. The summed E-state index contributed by atoms with van der Waals surface area (Å²) in [4.78, 5) is 40.3. The fourth-order valence-corrected chi connectivity index (χ4v) is 3.54. The van der Waals surface area contributed by atoms with Crippen LogP contribution in [0.1, 0.15) is 42.5 Å². The van der Waals surface area contributed by atoms with Gasteiger partial charge >= 0.3 is 5.69 Å². The first-order valence-electron chi connectivity index (χ1n) is 8.27. The van der Waals surface area contributed by atoms with Gasteiger partial charge in [0.15, 0.2) is 0 Å². The number of hydrogen-bond donors (Lipinski definition) is 1. The number of H-pyrrole nitrogens is 1. The van der Waals surface area contributed by atoms with Gasteiger partial charge in [-0.3, -0.25) is 14.2 Å². The fraction of sp³-hybridized carbons (Fsp3) is 0.688. The summed E-state index contributed by atoms with van der Waals surface area (Å²) < 4.78 is 6.79. The molecule has 0 radical (unpaired) electrons. The van der Waals surface area contributed by atoms with Crippen molar-refractivity contribution in [3.05, 3.63) is 32.6 Å². The average Bonchev–Trinajstić information content (AvgIpc) is 2.60. The molecule has 1 aliphatic heterocycles. The second-order valence-corrected chi connectivity index (χ2v) is 6.43. The monoisotopic (exact) mass is 321 g/mol. The van der Waals surface area contributed by atoms with E-state index in [4.69, 9.17) is 4.74 Å². The van der Waals surface area contributed by atoms with E-state index in [2.05, 4.69) is 4.98 Å². The standard InChI is InChI=1S/C16H23N3O4/c1-18-14(20)12(9-17-16(18)22)15(21)19-7-8-23-13(10-19)11-5-3-2-4-6-11/h9,11,13H,2-8,10H2,1H3,(H,17,22). The Balaban J connectivity index is 1.76. The van der Waals surface area contributed by atoms with Crippen LogP contribution in [-0.2, 0) is 11.8 Å². The molecule has 7 nitrogen and oxygen atoms in total. The van der Waals surface area contributed by atoms with Crippen LogP contribution in [0.2, 0.25) is 0 Å². The number of carbonyl (C=O) groups is 1. The number of morpholine rings is 1. The Morgan fingerprint density at radius 2 is 2.00 bits per heavy atom. The lowest BCUT2D eigenvalue weighted by molar-refractivity contribution is -0.0563. The lowest BCUT2D eigenvalue weighted by Crippen LogP contribution is -2.50. The van der Waals surface area contributed by atoms with Gasteiger partial charge in [-0.2, -0.15) is 0 Å². The minimum absolute atomic E-state index is 0.0106. The van der Waals surface area contributed by atoms with E-state index in [1.807, 2.05) is 0 Å². The zero-order valence-corrected chi connectivity index (χ0v) is 13.4. The van der Waals surface area contributed by atoms with Crippen molar-refractivity contribution in [2.24, 2.45) is 13.0 Å². The minimum atomic E-state index is -0.556. The van der Waals surface area contributed by atoms with Crippen molar-refractivity contribution < 1.29 is 9.53 Å². The molecule has 3 rings (SSSR count). The zero-order valence-electron chi connectivity index (χ0n) is 13.4. The second kappa shape index (κ2) is 6.70. The van der Waals surface area contributed by atoms with Crippen molar-refractivity contribution in [2.45, 2.75) is 38.2 Å². The molecule has 2 aliphatic rings. The molecule has 1 aliphatic carbocycles. The zero-order chi connectivity index (χ0) is 16.4. The Labute approximate surface area is 134 Å². The molecule has 1 saturated heterocycles. The highest BCUT2D eigenvalue weighted by Gasteiger charge is 2.32. The van der Waals surface area contributed by atoms with Crippen LogP contribution in [0.3, 0.4) is 0 Å². The van der Waals surface area contributed by atoms with Crippen LogP contribution in [0.15, 0.2) is 15.8 Å². The minimum Gasteiger partial charge on any atom is -0.374 e. The van der Waals surface area contributed by atoms with Crippen molar-refractivity contribution in [1.29, 1.82) is 0 Å². The Morgan fingerprint density at radius 3 is 2.74 bits per heavy atom. The van der Waals surface area contributed by atoms with Crippen molar-refractivity contribution in [3.8, 4) is 0 Å². The number of rotatable bonds is 2. The maximum absolute atomic E-state index is 12.6. The molecule has 1 aromatic heterocycles. The molecule has 1 saturated carbocycles. The molecule has 7 heteroatoms. The predicted molar refractivity (Wildman–Crippen MR) is 84.5 cm³/mol. The molecule has 1 amide bonds. The van der Waals surface area contributed by atoms with Gasteiger partial charge in [0, 0.05) is 26.3 Å². The molecule has 2 fully saturated rings. The third kappa shape index (κ3) is 3.24. The molecule has 2 heterocycles. The Morgan fingerprint density at radius 1 is 1.26 bits per heavy atom. The van der Waals surface area contributed by atoms with Crippen molar-refractivity contribution in [1.82, 2.24) is 14.5 Å². The number of aromatic amines is 1. The van der Waals surface area contributed by atoms with Gasteiger partial charge in [0.1, 0.15) is 5.56 Å². The van der Waals surface area contributed by atoms with E-state index in [0.717, 1.165) is 17.4 Å². The highest BCUT2D eigenvalue weighted by atomic mass is 16.5. The number of amides is 1. The van der Waals surface area contributed by atoms with E-state index in [1.165, 1.54) is 32.5 Å². The molecular formula is C16H23N3O4. The molecule has 1 aromatic rings. The van der Waals surface area contributed by atoms with Gasteiger partial charge in [0.2, 0.25) is 0 Å². The van der Waals surface area contributed by atoms with Gasteiger partial charge in [-0.15, -0.1) is 0 Å². The predicted octanol–water partition coefficient (Wildman–Crippen LogP) is 0.495. The van der Waals surface area contributed by atoms with Crippen LogP contribution in [0, 0.1) is 5.92 Å². The van der Waals surface area contributed by atoms with Crippen molar-refractivity contribution in [2.75, 3.05) is 19.7 Å². The van der Waals surface area contributed by atoms with Crippen LogP contribution >= 0.6 is 0 Å². The molecular weight excluding hydrogens is 298 g/mol. The number of nitrogens with one attached hydrogen (secondary N) is 1. The van der Waals surface area contributed by atoms with Crippen LogP contribution in [0.5, 0.6) is 0 Å². The Kier molecular flexibility index (Phi) is 4.66. The van der Waals surface area contributed by atoms with Gasteiger partial charge in [-0.05, 0) is 18.8 Å². The number of ether oxygens (including phenoxy) is 1. The van der Waals surface area contributed by atoms with E-state index in [9.17, 15) is 14.4 Å².